The van der Waals surface area contributed by atoms with Crippen LogP contribution in [0.1, 0.15) is 24.0 Å². The summed E-state index contributed by atoms with van der Waals surface area (Å²) in [6, 6.07) is 6.79. The zero-order valence-corrected chi connectivity index (χ0v) is 11.1. The van der Waals surface area contributed by atoms with Gasteiger partial charge in [-0.05, 0) is 24.6 Å². The largest absolute Gasteiger partial charge is 0.492 e. The van der Waals surface area contributed by atoms with E-state index in [1.807, 2.05) is 6.92 Å². The molecule has 0 aliphatic rings. The van der Waals surface area contributed by atoms with Gasteiger partial charge in [0.2, 0.25) is 0 Å². The molecule has 0 fully saturated rings. The fourth-order valence-corrected chi connectivity index (χ4v) is 2.10. The third-order valence-electron chi connectivity index (χ3n) is 2.80. The first-order chi connectivity index (χ1) is 9.13. The number of hydrogen-bond acceptors (Lipinski definition) is 2. The second-order valence-electron chi connectivity index (χ2n) is 4.03. The number of rotatable bonds is 5. The molecule has 0 radical (unpaired) electrons. The molecular weight excluding hydrogens is 266 g/mol. The number of halogens is 1. The molecule has 2 N–H and O–H groups in total. The van der Waals surface area contributed by atoms with Crippen molar-refractivity contribution >= 4 is 17.6 Å². The van der Waals surface area contributed by atoms with Crippen molar-refractivity contribution in [1.29, 1.82) is 0 Å². The van der Waals surface area contributed by atoms with E-state index in [1.54, 1.807) is 36.7 Å². The highest BCUT2D eigenvalue weighted by Gasteiger charge is 2.26. The van der Waals surface area contributed by atoms with E-state index in [1.165, 1.54) is 0 Å². The van der Waals surface area contributed by atoms with Gasteiger partial charge in [-0.1, -0.05) is 23.7 Å². The van der Waals surface area contributed by atoms with Crippen molar-refractivity contribution in [3.8, 4) is 5.75 Å². The highest BCUT2D eigenvalue weighted by molar-refractivity contribution is 6.30. The van der Waals surface area contributed by atoms with Gasteiger partial charge in [0.15, 0.2) is 0 Å². The molecule has 0 saturated carbocycles. The van der Waals surface area contributed by atoms with Crippen LogP contribution in [0.2, 0.25) is 5.02 Å². The van der Waals surface area contributed by atoms with Crippen molar-refractivity contribution in [2.24, 2.45) is 0 Å². The van der Waals surface area contributed by atoms with Gasteiger partial charge in [0.1, 0.15) is 11.7 Å². The quantitative estimate of drug-likeness (QED) is 0.883. The maximum atomic E-state index is 11.5. The summed E-state index contributed by atoms with van der Waals surface area (Å²) in [5.74, 6) is -1.14. The number of benzene rings is 1. The van der Waals surface area contributed by atoms with Crippen molar-refractivity contribution < 1.29 is 14.6 Å². The van der Waals surface area contributed by atoms with E-state index in [0.29, 0.717) is 28.5 Å². The number of H-pyrrole nitrogens is 1. The van der Waals surface area contributed by atoms with Crippen LogP contribution in [0, 0.1) is 0 Å². The Labute approximate surface area is 116 Å². The van der Waals surface area contributed by atoms with Crippen LogP contribution in [0.25, 0.3) is 0 Å². The van der Waals surface area contributed by atoms with Crippen molar-refractivity contribution in [3.05, 3.63) is 52.8 Å². The molecule has 0 saturated heterocycles. The summed E-state index contributed by atoms with van der Waals surface area (Å²) in [5.41, 5.74) is 1.27. The van der Waals surface area contributed by atoms with Gasteiger partial charge in [-0.15, -0.1) is 0 Å². The van der Waals surface area contributed by atoms with Gasteiger partial charge < -0.3 is 14.8 Å². The SMILES string of the molecule is CCOc1c[nH]cc1C(C(=O)O)c1ccc(Cl)cc1. The minimum Gasteiger partial charge on any atom is -0.492 e. The van der Waals surface area contributed by atoms with Crippen LogP contribution < -0.4 is 4.74 Å². The molecule has 100 valence electrons. The summed E-state index contributed by atoms with van der Waals surface area (Å²) in [4.78, 5) is 14.4. The normalized spacial score (nSPS) is 12.1. The summed E-state index contributed by atoms with van der Waals surface area (Å²) in [5, 5.41) is 10.0. The molecule has 1 unspecified atom stereocenters. The van der Waals surface area contributed by atoms with Gasteiger partial charge in [-0.25, -0.2) is 0 Å². The van der Waals surface area contributed by atoms with Crippen LogP contribution in [0.15, 0.2) is 36.7 Å². The highest BCUT2D eigenvalue weighted by Crippen LogP contribution is 2.32. The number of carbonyl (C=O) groups is 1. The summed E-state index contributed by atoms with van der Waals surface area (Å²) in [6.07, 6.45) is 3.31. The maximum absolute atomic E-state index is 11.5. The lowest BCUT2D eigenvalue weighted by Crippen LogP contribution is -2.13. The number of aliphatic carboxylic acids is 1. The molecule has 0 aliphatic heterocycles. The van der Waals surface area contributed by atoms with Crippen molar-refractivity contribution in [1.82, 2.24) is 4.98 Å². The number of aromatic nitrogens is 1. The highest BCUT2D eigenvalue weighted by atomic mass is 35.5. The van der Waals surface area contributed by atoms with Crippen molar-refractivity contribution in [2.75, 3.05) is 6.61 Å². The Balaban J connectivity index is 2.42. The molecule has 0 spiro atoms. The third kappa shape index (κ3) is 2.90. The second kappa shape index (κ2) is 5.80. The molecule has 1 aromatic heterocycles. The molecule has 0 bridgehead atoms. The smallest absolute Gasteiger partial charge is 0.315 e. The zero-order valence-electron chi connectivity index (χ0n) is 10.4. The van der Waals surface area contributed by atoms with Gasteiger partial charge >= 0.3 is 5.97 Å². The molecule has 5 heteroatoms. The molecule has 0 aliphatic carbocycles. The van der Waals surface area contributed by atoms with Crippen molar-refractivity contribution in [2.45, 2.75) is 12.8 Å². The van der Waals surface area contributed by atoms with Gasteiger partial charge in [-0.3, -0.25) is 4.79 Å². The van der Waals surface area contributed by atoms with Gasteiger partial charge in [0.25, 0.3) is 0 Å². The second-order valence-corrected chi connectivity index (χ2v) is 4.47. The van der Waals surface area contributed by atoms with E-state index >= 15 is 0 Å². The predicted octanol–water partition coefficient (Wildman–Crippen LogP) is 3.28. The number of hydrogen-bond donors (Lipinski definition) is 2. The van der Waals surface area contributed by atoms with Crippen molar-refractivity contribution in [3.63, 3.8) is 0 Å². The van der Waals surface area contributed by atoms with Crippen LogP contribution in [-0.2, 0) is 4.79 Å². The standard InChI is InChI=1S/C14H14ClNO3/c1-2-19-12-8-16-7-11(12)13(14(17)18)9-3-5-10(15)6-4-9/h3-8,13,16H,2H2,1H3,(H,17,18). The first kappa shape index (κ1) is 13.5. The fraction of sp³-hybridized carbons (Fsp3) is 0.214. The molecule has 4 nitrogen and oxygen atoms in total. The lowest BCUT2D eigenvalue weighted by atomic mass is 9.93. The molecule has 1 heterocycles. The van der Waals surface area contributed by atoms with Crippen LogP contribution in [0.4, 0.5) is 0 Å². The average molecular weight is 280 g/mol. The summed E-state index contributed by atoms with van der Waals surface area (Å²) in [6.45, 7) is 2.34. The van der Waals surface area contributed by atoms with E-state index in [2.05, 4.69) is 4.98 Å². The predicted molar refractivity (Wildman–Crippen MR) is 72.9 cm³/mol. The average Bonchev–Trinajstić information content (AvgIpc) is 2.80. The molecule has 1 atom stereocenters. The lowest BCUT2D eigenvalue weighted by molar-refractivity contribution is -0.137. The Bertz CT molecular complexity index is 562. The molecule has 2 rings (SSSR count). The van der Waals surface area contributed by atoms with Crippen LogP contribution >= 0.6 is 11.6 Å². The van der Waals surface area contributed by atoms with Crippen LogP contribution in [-0.4, -0.2) is 22.7 Å². The first-order valence-corrected chi connectivity index (χ1v) is 6.29. The minimum atomic E-state index is -0.928. The van der Waals surface area contributed by atoms with E-state index in [9.17, 15) is 9.90 Å². The van der Waals surface area contributed by atoms with E-state index in [-0.39, 0.29) is 0 Å². The maximum Gasteiger partial charge on any atom is 0.315 e. The van der Waals surface area contributed by atoms with E-state index < -0.39 is 11.9 Å². The molecule has 0 amide bonds. The monoisotopic (exact) mass is 279 g/mol. The Morgan fingerprint density at radius 3 is 2.63 bits per heavy atom. The summed E-state index contributed by atoms with van der Waals surface area (Å²) < 4.78 is 5.43. The first-order valence-electron chi connectivity index (χ1n) is 5.91. The van der Waals surface area contributed by atoms with Crippen LogP contribution in [0.3, 0.4) is 0 Å². The summed E-state index contributed by atoms with van der Waals surface area (Å²) >= 11 is 5.82. The number of carboxylic acid groups (broad SMARTS) is 1. The molecule has 19 heavy (non-hydrogen) atoms. The number of aromatic amines is 1. The minimum absolute atomic E-state index is 0.484. The lowest BCUT2D eigenvalue weighted by Gasteiger charge is -2.14. The van der Waals surface area contributed by atoms with E-state index in [4.69, 9.17) is 16.3 Å². The zero-order chi connectivity index (χ0) is 13.8. The third-order valence-corrected chi connectivity index (χ3v) is 3.05. The Morgan fingerprint density at radius 1 is 1.37 bits per heavy atom. The molecule has 1 aromatic carbocycles. The Hall–Kier alpha value is -1.94. The summed E-state index contributed by atoms with van der Waals surface area (Å²) in [7, 11) is 0. The number of carboxylic acids is 1. The topological polar surface area (TPSA) is 62.3 Å². The fourth-order valence-electron chi connectivity index (χ4n) is 1.98. The molecular formula is C14H14ClNO3. The Kier molecular flexibility index (Phi) is 4.12. The molecule has 2 aromatic rings. The number of ether oxygens (including phenoxy) is 1. The van der Waals surface area contributed by atoms with Gasteiger partial charge in [0, 0.05) is 23.0 Å². The van der Waals surface area contributed by atoms with Crippen LogP contribution in [0.5, 0.6) is 5.75 Å². The van der Waals surface area contributed by atoms with Gasteiger partial charge in [-0.2, -0.15) is 0 Å². The number of nitrogens with one attached hydrogen (secondary N) is 1. The Morgan fingerprint density at radius 2 is 2.05 bits per heavy atom. The van der Waals surface area contributed by atoms with Gasteiger partial charge in [0.05, 0.1) is 6.61 Å². The van der Waals surface area contributed by atoms with E-state index in [0.717, 1.165) is 0 Å².